The zero-order valence-electron chi connectivity index (χ0n) is 13.9. The molecule has 2 heterocycles. The van der Waals surface area contributed by atoms with Gasteiger partial charge in [0.2, 0.25) is 0 Å². The van der Waals surface area contributed by atoms with Gasteiger partial charge in [0.05, 0.1) is 11.5 Å². The fourth-order valence-electron chi connectivity index (χ4n) is 2.92. The number of rotatable bonds is 6. The summed E-state index contributed by atoms with van der Waals surface area (Å²) in [5.74, 6) is 0.671. The average molecular weight is 340 g/mol. The molecule has 1 unspecified atom stereocenters. The number of carbonyl (C=O) groups excluding carboxylic acids is 1. The van der Waals surface area contributed by atoms with Crippen LogP contribution in [0.1, 0.15) is 37.7 Å². The van der Waals surface area contributed by atoms with E-state index in [0.29, 0.717) is 24.5 Å². The van der Waals surface area contributed by atoms with Crippen LogP contribution in [0.15, 0.2) is 12.4 Å². The van der Waals surface area contributed by atoms with Crippen molar-refractivity contribution in [1.82, 2.24) is 14.9 Å². The molecule has 8 heteroatoms. The van der Waals surface area contributed by atoms with Crippen molar-refractivity contribution in [3.05, 3.63) is 18.1 Å². The highest BCUT2D eigenvalue weighted by atomic mass is 32.2. The number of amides is 1. The van der Waals surface area contributed by atoms with Crippen molar-refractivity contribution >= 4 is 21.6 Å². The third-order valence-electron chi connectivity index (χ3n) is 4.21. The highest BCUT2D eigenvalue weighted by Crippen LogP contribution is 2.20. The Labute approximate surface area is 137 Å². The Morgan fingerprint density at radius 3 is 2.43 bits per heavy atom. The Morgan fingerprint density at radius 2 is 1.91 bits per heavy atom. The molecule has 1 atom stereocenters. The minimum atomic E-state index is -3.03. The van der Waals surface area contributed by atoms with Gasteiger partial charge in [-0.05, 0) is 27.2 Å². The zero-order valence-corrected chi connectivity index (χ0v) is 14.7. The molecule has 2 rings (SSSR count). The van der Waals surface area contributed by atoms with Gasteiger partial charge in [-0.3, -0.25) is 4.79 Å². The highest BCUT2D eigenvalue weighted by Gasteiger charge is 2.34. The van der Waals surface area contributed by atoms with Gasteiger partial charge >= 0.3 is 0 Å². The van der Waals surface area contributed by atoms with Gasteiger partial charge in [-0.15, -0.1) is 0 Å². The van der Waals surface area contributed by atoms with Crippen LogP contribution in [0.25, 0.3) is 0 Å². The fourth-order valence-corrected chi connectivity index (χ4v) is 4.65. The van der Waals surface area contributed by atoms with E-state index in [4.69, 9.17) is 0 Å². The molecule has 1 aliphatic heterocycles. The molecule has 0 spiro atoms. The van der Waals surface area contributed by atoms with Crippen molar-refractivity contribution in [3.63, 3.8) is 0 Å². The number of anilines is 1. The molecular weight excluding hydrogens is 316 g/mol. The third-order valence-corrected chi connectivity index (χ3v) is 5.96. The summed E-state index contributed by atoms with van der Waals surface area (Å²) in [7, 11) is -3.03. The SMILES string of the molecule is CCN(CC)c1cc(C(=O)N(CC)C2CCS(=O)(=O)C2)ncn1. The third kappa shape index (κ3) is 3.99. The monoisotopic (exact) mass is 340 g/mol. The molecule has 0 radical (unpaired) electrons. The van der Waals surface area contributed by atoms with Crippen LogP contribution in [-0.4, -0.2) is 66.4 Å². The Morgan fingerprint density at radius 1 is 1.22 bits per heavy atom. The summed E-state index contributed by atoms with van der Waals surface area (Å²) < 4.78 is 23.3. The number of carbonyl (C=O) groups is 1. The van der Waals surface area contributed by atoms with E-state index in [2.05, 4.69) is 9.97 Å². The number of nitrogens with zero attached hydrogens (tertiary/aromatic N) is 4. The summed E-state index contributed by atoms with van der Waals surface area (Å²) in [6, 6.07) is 1.42. The Bertz CT molecular complexity index is 658. The first-order valence-corrected chi connectivity index (χ1v) is 9.82. The quantitative estimate of drug-likeness (QED) is 0.767. The van der Waals surface area contributed by atoms with Crippen molar-refractivity contribution in [2.45, 2.75) is 33.2 Å². The molecule has 1 amide bonds. The van der Waals surface area contributed by atoms with Crippen molar-refractivity contribution in [2.75, 3.05) is 36.0 Å². The zero-order chi connectivity index (χ0) is 17.0. The lowest BCUT2D eigenvalue weighted by atomic mass is 10.2. The van der Waals surface area contributed by atoms with Crippen LogP contribution < -0.4 is 4.90 Å². The van der Waals surface area contributed by atoms with Gasteiger partial charge in [0.1, 0.15) is 17.8 Å². The summed E-state index contributed by atoms with van der Waals surface area (Å²) in [6.45, 7) is 7.95. The number of aromatic nitrogens is 2. The van der Waals surface area contributed by atoms with Crippen LogP contribution in [0.2, 0.25) is 0 Å². The molecule has 0 bridgehead atoms. The summed E-state index contributed by atoms with van der Waals surface area (Å²) >= 11 is 0. The first kappa shape index (κ1) is 17.7. The number of hydrogen-bond donors (Lipinski definition) is 0. The maximum atomic E-state index is 12.7. The molecule has 128 valence electrons. The predicted molar refractivity (Wildman–Crippen MR) is 89.4 cm³/mol. The molecule has 1 fully saturated rings. The lowest BCUT2D eigenvalue weighted by molar-refractivity contribution is 0.0702. The molecule has 1 saturated heterocycles. The summed E-state index contributed by atoms with van der Waals surface area (Å²) in [5.41, 5.74) is 0.313. The summed E-state index contributed by atoms with van der Waals surface area (Å²) in [5, 5.41) is 0. The van der Waals surface area contributed by atoms with Gasteiger partial charge in [0.25, 0.3) is 5.91 Å². The van der Waals surface area contributed by atoms with Crippen molar-refractivity contribution in [1.29, 1.82) is 0 Å². The first-order chi connectivity index (χ1) is 10.9. The topological polar surface area (TPSA) is 83.5 Å². The molecule has 7 nitrogen and oxygen atoms in total. The summed E-state index contributed by atoms with van der Waals surface area (Å²) in [6.07, 6.45) is 1.88. The van der Waals surface area contributed by atoms with Gasteiger partial charge in [-0.1, -0.05) is 0 Å². The van der Waals surface area contributed by atoms with Crippen LogP contribution in [0.5, 0.6) is 0 Å². The molecule has 1 aromatic rings. The predicted octanol–water partition coefficient (Wildman–Crippen LogP) is 0.972. The molecule has 0 saturated carbocycles. The van der Waals surface area contributed by atoms with E-state index >= 15 is 0 Å². The van der Waals surface area contributed by atoms with E-state index in [9.17, 15) is 13.2 Å². The second-order valence-corrected chi connectivity index (χ2v) is 7.81. The van der Waals surface area contributed by atoms with Crippen LogP contribution in [0, 0.1) is 0 Å². The molecule has 0 aliphatic carbocycles. The first-order valence-electron chi connectivity index (χ1n) is 8.00. The van der Waals surface area contributed by atoms with Crippen LogP contribution >= 0.6 is 0 Å². The number of hydrogen-bond acceptors (Lipinski definition) is 6. The fraction of sp³-hybridized carbons (Fsp3) is 0.667. The van der Waals surface area contributed by atoms with Crippen molar-refractivity contribution in [2.24, 2.45) is 0 Å². The van der Waals surface area contributed by atoms with Gasteiger partial charge in [0.15, 0.2) is 9.84 Å². The number of sulfone groups is 1. The molecule has 23 heavy (non-hydrogen) atoms. The molecule has 1 aliphatic rings. The molecular formula is C15H24N4O3S. The van der Waals surface area contributed by atoms with Gasteiger partial charge in [-0.25, -0.2) is 18.4 Å². The van der Waals surface area contributed by atoms with E-state index < -0.39 is 9.84 Å². The second kappa shape index (κ2) is 7.25. The molecule has 1 aromatic heterocycles. The van der Waals surface area contributed by atoms with E-state index in [0.717, 1.165) is 13.1 Å². The van der Waals surface area contributed by atoms with Gasteiger partial charge in [-0.2, -0.15) is 0 Å². The van der Waals surface area contributed by atoms with Gasteiger partial charge < -0.3 is 9.80 Å². The van der Waals surface area contributed by atoms with Gasteiger partial charge in [0, 0.05) is 31.7 Å². The normalized spacial score (nSPS) is 19.5. The standard InChI is InChI=1S/C15H24N4O3S/c1-4-18(5-2)14-9-13(16-11-17-14)15(20)19(6-3)12-7-8-23(21,22)10-12/h9,11-12H,4-8,10H2,1-3H3. The largest absolute Gasteiger partial charge is 0.357 e. The van der Waals surface area contributed by atoms with Crippen LogP contribution in [-0.2, 0) is 9.84 Å². The lowest BCUT2D eigenvalue weighted by Gasteiger charge is -2.27. The lowest BCUT2D eigenvalue weighted by Crippen LogP contribution is -2.41. The maximum Gasteiger partial charge on any atom is 0.272 e. The van der Waals surface area contributed by atoms with E-state index in [-0.39, 0.29) is 23.5 Å². The summed E-state index contributed by atoms with van der Waals surface area (Å²) in [4.78, 5) is 24.7. The average Bonchev–Trinajstić information content (AvgIpc) is 2.89. The van der Waals surface area contributed by atoms with E-state index in [1.54, 1.807) is 11.0 Å². The van der Waals surface area contributed by atoms with Crippen LogP contribution in [0.3, 0.4) is 0 Å². The second-order valence-electron chi connectivity index (χ2n) is 5.58. The minimum Gasteiger partial charge on any atom is -0.357 e. The molecule has 0 aromatic carbocycles. The minimum absolute atomic E-state index is 0.0422. The Balaban J connectivity index is 2.23. The van der Waals surface area contributed by atoms with Crippen molar-refractivity contribution in [3.8, 4) is 0 Å². The van der Waals surface area contributed by atoms with Crippen molar-refractivity contribution < 1.29 is 13.2 Å². The highest BCUT2D eigenvalue weighted by molar-refractivity contribution is 7.91. The maximum absolute atomic E-state index is 12.7. The Kier molecular flexibility index (Phi) is 5.56. The van der Waals surface area contributed by atoms with Crippen LogP contribution in [0.4, 0.5) is 5.82 Å². The van der Waals surface area contributed by atoms with E-state index in [1.807, 2.05) is 25.7 Å². The smallest absolute Gasteiger partial charge is 0.272 e. The Hall–Kier alpha value is -1.70. The molecule has 0 N–H and O–H groups in total. The van der Waals surface area contributed by atoms with E-state index in [1.165, 1.54) is 6.33 Å².